The van der Waals surface area contributed by atoms with E-state index >= 15 is 0 Å². The standard InChI is InChI=1S/C13H11N3O/c17-13(12-6-2-1-3-7-12)16-15-10-11-5-4-8-14-9-11/h1-10H,(H,16,17). The second-order valence-electron chi connectivity index (χ2n) is 3.35. The topological polar surface area (TPSA) is 54.4 Å². The Bertz CT molecular complexity index is 509. The Morgan fingerprint density at radius 2 is 2.00 bits per heavy atom. The van der Waals surface area contributed by atoms with Crippen LogP contribution in [0.2, 0.25) is 0 Å². The molecule has 1 aromatic carbocycles. The van der Waals surface area contributed by atoms with Gasteiger partial charge in [0.25, 0.3) is 5.91 Å². The van der Waals surface area contributed by atoms with E-state index in [1.54, 1.807) is 48.9 Å². The van der Waals surface area contributed by atoms with Crippen molar-refractivity contribution in [2.75, 3.05) is 0 Å². The number of carbonyl (C=O) groups excluding carboxylic acids is 1. The lowest BCUT2D eigenvalue weighted by atomic mass is 10.2. The molecule has 84 valence electrons. The summed E-state index contributed by atoms with van der Waals surface area (Å²) < 4.78 is 0. The Kier molecular flexibility index (Phi) is 3.60. The molecule has 0 aliphatic rings. The van der Waals surface area contributed by atoms with Gasteiger partial charge in [0, 0.05) is 23.5 Å². The molecule has 0 radical (unpaired) electrons. The number of rotatable bonds is 3. The first-order valence-electron chi connectivity index (χ1n) is 5.15. The molecule has 4 heteroatoms. The molecular weight excluding hydrogens is 214 g/mol. The summed E-state index contributed by atoms with van der Waals surface area (Å²) >= 11 is 0. The maximum atomic E-state index is 11.6. The highest BCUT2D eigenvalue weighted by molar-refractivity contribution is 5.94. The van der Waals surface area contributed by atoms with E-state index in [0.29, 0.717) is 5.56 Å². The van der Waals surface area contributed by atoms with Gasteiger partial charge in [-0.3, -0.25) is 9.78 Å². The van der Waals surface area contributed by atoms with Crippen LogP contribution in [0.5, 0.6) is 0 Å². The summed E-state index contributed by atoms with van der Waals surface area (Å²) in [6, 6.07) is 12.6. The predicted molar refractivity (Wildman–Crippen MR) is 65.7 cm³/mol. The van der Waals surface area contributed by atoms with Crippen molar-refractivity contribution in [3.05, 3.63) is 66.0 Å². The van der Waals surface area contributed by atoms with Gasteiger partial charge in [0.05, 0.1) is 6.21 Å². The number of aromatic nitrogens is 1. The number of hydrogen-bond acceptors (Lipinski definition) is 3. The third-order valence-corrected chi connectivity index (χ3v) is 2.10. The number of nitrogens with zero attached hydrogens (tertiary/aromatic N) is 2. The number of hydrazone groups is 1. The quantitative estimate of drug-likeness (QED) is 0.640. The van der Waals surface area contributed by atoms with E-state index in [4.69, 9.17) is 0 Å². The Morgan fingerprint density at radius 1 is 1.18 bits per heavy atom. The molecule has 0 bridgehead atoms. The van der Waals surface area contributed by atoms with Crippen molar-refractivity contribution in [3.8, 4) is 0 Å². The normalized spacial score (nSPS) is 10.4. The summed E-state index contributed by atoms with van der Waals surface area (Å²) in [6.45, 7) is 0. The molecular formula is C13H11N3O. The van der Waals surface area contributed by atoms with Crippen molar-refractivity contribution in [2.24, 2.45) is 5.10 Å². The average Bonchev–Trinajstić information content (AvgIpc) is 2.41. The molecule has 1 amide bonds. The van der Waals surface area contributed by atoms with Gasteiger partial charge in [0.15, 0.2) is 0 Å². The van der Waals surface area contributed by atoms with E-state index < -0.39 is 0 Å². The van der Waals surface area contributed by atoms with Gasteiger partial charge in [-0.2, -0.15) is 5.10 Å². The van der Waals surface area contributed by atoms with Crippen LogP contribution in [0.15, 0.2) is 60.0 Å². The molecule has 17 heavy (non-hydrogen) atoms. The number of carbonyl (C=O) groups is 1. The number of nitrogens with one attached hydrogen (secondary N) is 1. The smallest absolute Gasteiger partial charge is 0.267 e. The fourth-order valence-electron chi connectivity index (χ4n) is 1.27. The van der Waals surface area contributed by atoms with Crippen LogP contribution in [0.3, 0.4) is 0 Å². The molecule has 0 aliphatic carbocycles. The Balaban J connectivity index is 1.95. The van der Waals surface area contributed by atoms with Gasteiger partial charge in [-0.1, -0.05) is 24.3 Å². The summed E-state index contributed by atoms with van der Waals surface area (Å²) in [7, 11) is 0. The number of benzene rings is 1. The van der Waals surface area contributed by atoms with Gasteiger partial charge >= 0.3 is 0 Å². The molecule has 1 heterocycles. The summed E-state index contributed by atoms with van der Waals surface area (Å²) in [5.41, 5.74) is 3.86. The SMILES string of the molecule is O=C(NN=Cc1cccnc1)c1ccccc1. The minimum absolute atomic E-state index is 0.231. The highest BCUT2D eigenvalue weighted by Crippen LogP contribution is 1.97. The van der Waals surface area contributed by atoms with Crippen LogP contribution in [-0.4, -0.2) is 17.1 Å². The lowest BCUT2D eigenvalue weighted by molar-refractivity contribution is 0.0955. The van der Waals surface area contributed by atoms with E-state index in [1.165, 1.54) is 0 Å². The second kappa shape index (κ2) is 5.55. The van der Waals surface area contributed by atoms with Gasteiger partial charge in [0.2, 0.25) is 0 Å². The van der Waals surface area contributed by atoms with Gasteiger partial charge in [-0.05, 0) is 18.2 Å². The first-order valence-corrected chi connectivity index (χ1v) is 5.15. The van der Waals surface area contributed by atoms with Crippen LogP contribution in [0, 0.1) is 0 Å². The molecule has 0 spiro atoms. The molecule has 0 saturated heterocycles. The number of hydrogen-bond donors (Lipinski definition) is 1. The van der Waals surface area contributed by atoms with Crippen molar-refractivity contribution in [1.82, 2.24) is 10.4 Å². The lowest BCUT2D eigenvalue weighted by Gasteiger charge is -1.98. The summed E-state index contributed by atoms with van der Waals surface area (Å²) in [5, 5.41) is 3.85. The van der Waals surface area contributed by atoms with Crippen LogP contribution in [0.1, 0.15) is 15.9 Å². The average molecular weight is 225 g/mol. The maximum absolute atomic E-state index is 11.6. The van der Waals surface area contributed by atoms with Crippen molar-refractivity contribution in [3.63, 3.8) is 0 Å². The van der Waals surface area contributed by atoms with Crippen molar-refractivity contribution in [2.45, 2.75) is 0 Å². The first kappa shape index (κ1) is 11.0. The van der Waals surface area contributed by atoms with Gasteiger partial charge in [-0.15, -0.1) is 0 Å². The molecule has 1 aromatic heterocycles. The first-order chi connectivity index (χ1) is 8.36. The molecule has 2 aromatic rings. The Morgan fingerprint density at radius 3 is 2.71 bits per heavy atom. The number of amides is 1. The van der Waals surface area contributed by atoms with E-state index in [-0.39, 0.29) is 5.91 Å². The minimum atomic E-state index is -0.231. The fourth-order valence-corrected chi connectivity index (χ4v) is 1.27. The van der Waals surface area contributed by atoms with Crippen LogP contribution in [0.4, 0.5) is 0 Å². The van der Waals surface area contributed by atoms with Gasteiger partial charge in [-0.25, -0.2) is 5.43 Å². The van der Waals surface area contributed by atoms with Crippen LogP contribution in [-0.2, 0) is 0 Å². The zero-order chi connectivity index (χ0) is 11.9. The highest BCUT2D eigenvalue weighted by Gasteiger charge is 2.00. The van der Waals surface area contributed by atoms with E-state index in [1.807, 2.05) is 12.1 Å². The summed E-state index contributed by atoms with van der Waals surface area (Å²) in [4.78, 5) is 15.5. The largest absolute Gasteiger partial charge is 0.271 e. The maximum Gasteiger partial charge on any atom is 0.271 e. The predicted octanol–water partition coefficient (Wildman–Crippen LogP) is 1.85. The molecule has 0 fully saturated rings. The molecule has 4 nitrogen and oxygen atoms in total. The second-order valence-corrected chi connectivity index (χ2v) is 3.35. The van der Waals surface area contributed by atoms with Crippen molar-refractivity contribution in [1.29, 1.82) is 0 Å². The van der Waals surface area contributed by atoms with Crippen LogP contribution >= 0.6 is 0 Å². The van der Waals surface area contributed by atoms with Gasteiger partial charge in [0.1, 0.15) is 0 Å². The van der Waals surface area contributed by atoms with Crippen molar-refractivity contribution >= 4 is 12.1 Å². The molecule has 0 atom stereocenters. The highest BCUT2D eigenvalue weighted by atomic mass is 16.2. The third-order valence-electron chi connectivity index (χ3n) is 2.10. The minimum Gasteiger partial charge on any atom is -0.267 e. The fraction of sp³-hybridized carbons (Fsp3) is 0. The number of pyridine rings is 1. The Hall–Kier alpha value is -2.49. The van der Waals surface area contributed by atoms with Crippen molar-refractivity contribution < 1.29 is 4.79 Å². The monoisotopic (exact) mass is 225 g/mol. The molecule has 2 rings (SSSR count). The van der Waals surface area contributed by atoms with Crippen LogP contribution < -0.4 is 5.43 Å². The lowest BCUT2D eigenvalue weighted by Crippen LogP contribution is -2.17. The summed E-state index contributed by atoms with van der Waals surface area (Å²) in [6.07, 6.45) is 4.89. The zero-order valence-corrected chi connectivity index (χ0v) is 9.08. The van der Waals surface area contributed by atoms with Gasteiger partial charge < -0.3 is 0 Å². The Labute approximate surface area is 99.0 Å². The third kappa shape index (κ3) is 3.24. The van der Waals surface area contributed by atoms with E-state index in [9.17, 15) is 4.79 Å². The zero-order valence-electron chi connectivity index (χ0n) is 9.08. The van der Waals surface area contributed by atoms with Crippen LogP contribution in [0.25, 0.3) is 0 Å². The molecule has 0 aliphatic heterocycles. The molecule has 0 saturated carbocycles. The molecule has 1 N–H and O–H groups in total. The van der Waals surface area contributed by atoms with E-state index in [0.717, 1.165) is 5.56 Å². The molecule has 0 unspecified atom stereocenters. The summed E-state index contributed by atoms with van der Waals surface area (Å²) in [5.74, 6) is -0.231. The van der Waals surface area contributed by atoms with E-state index in [2.05, 4.69) is 15.5 Å².